The van der Waals surface area contributed by atoms with E-state index < -0.39 is 18.4 Å². The van der Waals surface area contributed by atoms with Gasteiger partial charge in [0.05, 0.1) is 4.88 Å². The molecule has 1 rings (SSSR count). The highest BCUT2D eigenvalue weighted by atomic mass is 32.1. The first-order valence-electron chi connectivity index (χ1n) is 3.37. The minimum atomic E-state index is -2.57. The molecule has 3 N–H and O–H groups in total. The van der Waals surface area contributed by atoms with Gasteiger partial charge in [-0.25, -0.2) is 8.78 Å². The summed E-state index contributed by atoms with van der Waals surface area (Å²) < 4.78 is 24.1. The Hall–Kier alpha value is -1.01. The second-order valence-corrected chi connectivity index (χ2v) is 3.34. The summed E-state index contributed by atoms with van der Waals surface area (Å²) in [6.07, 6.45) is -2.57. The number of hydrogen-bond acceptors (Lipinski definition) is 3. The van der Waals surface area contributed by atoms with E-state index in [0.717, 1.165) is 17.4 Å². The molecule has 0 fully saturated rings. The molecule has 72 valence electrons. The zero-order valence-corrected chi connectivity index (χ0v) is 7.22. The molecule has 0 aliphatic rings. The molecule has 13 heavy (non-hydrogen) atoms. The lowest BCUT2D eigenvalue weighted by atomic mass is 10.1. The van der Waals surface area contributed by atoms with Crippen LogP contribution in [-0.4, -0.2) is 11.1 Å². The lowest BCUT2D eigenvalue weighted by molar-refractivity contribution is -0.138. The molecule has 1 aromatic heterocycles. The van der Waals surface area contributed by atoms with Crippen LogP contribution in [0, 0.1) is 0 Å². The van der Waals surface area contributed by atoms with Crippen molar-refractivity contribution in [1.29, 1.82) is 0 Å². The Morgan fingerprint density at radius 1 is 1.62 bits per heavy atom. The zero-order chi connectivity index (χ0) is 10.0. The van der Waals surface area contributed by atoms with Gasteiger partial charge in [0.2, 0.25) is 0 Å². The molecule has 0 amide bonds. The zero-order valence-electron chi connectivity index (χ0n) is 6.41. The molecule has 0 saturated carbocycles. The van der Waals surface area contributed by atoms with Crippen LogP contribution in [0.2, 0.25) is 0 Å². The van der Waals surface area contributed by atoms with Gasteiger partial charge in [-0.3, -0.25) is 4.79 Å². The number of rotatable bonds is 3. The van der Waals surface area contributed by atoms with Gasteiger partial charge in [0.15, 0.2) is 0 Å². The van der Waals surface area contributed by atoms with E-state index in [0.29, 0.717) is 0 Å². The predicted octanol–water partition coefficient (Wildman–Crippen LogP) is 1.77. The van der Waals surface area contributed by atoms with Crippen molar-refractivity contribution in [3.05, 3.63) is 21.9 Å². The van der Waals surface area contributed by atoms with E-state index in [-0.39, 0.29) is 10.4 Å². The van der Waals surface area contributed by atoms with Gasteiger partial charge in [-0.05, 0) is 17.0 Å². The Bertz CT molecular complexity index is 313. The average molecular weight is 207 g/mol. The summed E-state index contributed by atoms with van der Waals surface area (Å²) in [6, 6.07) is -0.0996. The largest absolute Gasteiger partial charge is 0.480 e. The fraction of sp³-hybridized carbons (Fsp3) is 0.286. The molecular formula is C7H7F2NO2S. The third kappa shape index (κ3) is 2.22. The number of thiophene rings is 1. The van der Waals surface area contributed by atoms with Crippen molar-refractivity contribution < 1.29 is 18.7 Å². The number of hydrogen-bond donors (Lipinski definition) is 2. The van der Waals surface area contributed by atoms with Crippen molar-refractivity contribution in [2.75, 3.05) is 0 Å². The van der Waals surface area contributed by atoms with Crippen LogP contribution in [0.25, 0.3) is 0 Å². The summed E-state index contributed by atoms with van der Waals surface area (Å²) in [6.45, 7) is 0. The smallest absolute Gasteiger partial charge is 0.325 e. The molecular weight excluding hydrogens is 200 g/mol. The minimum Gasteiger partial charge on any atom is -0.480 e. The molecule has 0 unspecified atom stereocenters. The molecule has 3 nitrogen and oxygen atoms in total. The molecule has 0 radical (unpaired) electrons. The highest BCUT2D eigenvalue weighted by molar-refractivity contribution is 7.10. The van der Waals surface area contributed by atoms with E-state index in [2.05, 4.69) is 0 Å². The van der Waals surface area contributed by atoms with E-state index in [4.69, 9.17) is 10.8 Å². The first-order valence-corrected chi connectivity index (χ1v) is 4.25. The summed E-state index contributed by atoms with van der Waals surface area (Å²) in [5.41, 5.74) is 5.43. The second-order valence-electron chi connectivity index (χ2n) is 2.40. The molecule has 0 aliphatic heterocycles. The molecule has 0 aliphatic carbocycles. The molecule has 6 heteroatoms. The number of aliphatic carboxylic acids is 1. The van der Waals surface area contributed by atoms with Gasteiger partial charge in [0.1, 0.15) is 6.04 Å². The Morgan fingerprint density at radius 3 is 2.62 bits per heavy atom. The second kappa shape index (κ2) is 3.80. The molecule has 1 atom stereocenters. The van der Waals surface area contributed by atoms with E-state index in [1.54, 1.807) is 0 Å². The van der Waals surface area contributed by atoms with Crippen LogP contribution in [0.15, 0.2) is 11.4 Å². The van der Waals surface area contributed by atoms with Gasteiger partial charge in [-0.2, -0.15) is 0 Å². The Balaban J connectivity index is 2.85. The van der Waals surface area contributed by atoms with Crippen LogP contribution in [-0.2, 0) is 4.79 Å². The van der Waals surface area contributed by atoms with Crippen LogP contribution in [0.1, 0.15) is 22.9 Å². The van der Waals surface area contributed by atoms with Gasteiger partial charge >= 0.3 is 5.97 Å². The number of alkyl halides is 2. The van der Waals surface area contributed by atoms with E-state index in [1.165, 1.54) is 5.38 Å². The molecule has 1 heterocycles. The van der Waals surface area contributed by atoms with Crippen molar-refractivity contribution in [2.45, 2.75) is 12.5 Å². The van der Waals surface area contributed by atoms with Crippen molar-refractivity contribution in [3.8, 4) is 0 Å². The summed E-state index contributed by atoms with van der Waals surface area (Å²) in [5.74, 6) is -1.22. The predicted molar refractivity (Wildman–Crippen MR) is 43.8 cm³/mol. The first-order chi connectivity index (χ1) is 6.02. The Morgan fingerprint density at radius 2 is 2.23 bits per heavy atom. The summed E-state index contributed by atoms with van der Waals surface area (Å²) in [5, 5.41) is 9.81. The molecule has 0 bridgehead atoms. The molecule has 1 aromatic rings. The van der Waals surface area contributed by atoms with Crippen LogP contribution in [0.5, 0.6) is 0 Å². The summed E-state index contributed by atoms with van der Waals surface area (Å²) in [4.78, 5) is 10.2. The molecule has 0 aromatic carbocycles. The van der Waals surface area contributed by atoms with Crippen molar-refractivity contribution in [2.24, 2.45) is 5.73 Å². The number of carbonyl (C=O) groups is 1. The van der Waals surface area contributed by atoms with E-state index >= 15 is 0 Å². The highest BCUT2D eigenvalue weighted by Gasteiger charge is 2.18. The van der Waals surface area contributed by atoms with E-state index in [1.807, 2.05) is 0 Å². The van der Waals surface area contributed by atoms with Crippen molar-refractivity contribution in [1.82, 2.24) is 0 Å². The third-order valence-corrected chi connectivity index (χ3v) is 2.44. The van der Waals surface area contributed by atoms with E-state index in [9.17, 15) is 13.6 Å². The average Bonchev–Trinajstić information content (AvgIpc) is 2.50. The van der Waals surface area contributed by atoms with Gasteiger partial charge in [0, 0.05) is 0 Å². The Kier molecular flexibility index (Phi) is 2.94. The van der Waals surface area contributed by atoms with Crippen molar-refractivity contribution in [3.63, 3.8) is 0 Å². The number of halogens is 2. The standard InChI is InChI=1S/C7H7F2NO2S/c8-6(9)4-1-3(2-13-4)5(10)7(11)12/h1-2,5-6H,10H2,(H,11,12)/t5-/m1/s1. The van der Waals surface area contributed by atoms with Crippen molar-refractivity contribution >= 4 is 17.3 Å². The topological polar surface area (TPSA) is 63.3 Å². The maximum Gasteiger partial charge on any atom is 0.325 e. The Labute approximate surface area is 76.8 Å². The highest BCUT2D eigenvalue weighted by Crippen LogP contribution is 2.28. The number of carboxylic acid groups (broad SMARTS) is 1. The lowest BCUT2D eigenvalue weighted by Crippen LogP contribution is -2.19. The monoisotopic (exact) mass is 207 g/mol. The van der Waals surface area contributed by atoms with Gasteiger partial charge in [-0.1, -0.05) is 0 Å². The summed E-state index contributed by atoms with van der Waals surface area (Å²) >= 11 is 0.810. The molecule has 0 spiro atoms. The quantitative estimate of drug-likeness (QED) is 0.793. The van der Waals surface area contributed by atoms with Crippen LogP contribution < -0.4 is 5.73 Å². The SMILES string of the molecule is N[C@@H](C(=O)O)c1csc(C(F)F)c1. The first kappa shape index (κ1) is 10.1. The van der Waals surface area contributed by atoms with Crippen LogP contribution >= 0.6 is 11.3 Å². The normalized spacial score (nSPS) is 13.2. The lowest BCUT2D eigenvalue weighted by Gasteiger charge is -2.01. The summed E-state index contributed by atoms with van der Waals surface area (Å²) in [7, 11) is 0. The van der Waals surface area contributed by atoms with Crippen LogP contribution in [0.4, 0.5) is 8.78 Å². The fourth-order valence-corrected chi connectivity index (χ4v) is 1.58. The maximum absolute atomic E-state index is 12.1. The maximum atomic E-state index is 12.1. The minimum absolute atomic E-state index is 0.160. The van der Waals surface area contributed by atoms with Gasteiger partial charge < -0.3 is 10.8 Å². The molecule has 0 saturated heterocycles. The van der Waals surface area contributed by atoms with Crippen LogP contribution in [0.3, 0.4) is 0 Å². The fourth-order valence-electron chi connectivity index (χ4n) is 0.788. The van der Waals surface area contributed by atoms with Gasteiger partial charge in [0.25, 0.3) is 6.43 Å². The number of nitrogens with two attached hydrogens (primary N) is 1. The third-order valence-electron chi connectivity index (χ3n) is 1.48. The van der Waals surface area contributed by atoms with Gasteiger partial charge in [-0.15, -0.1) is 11.3 Å². The number of carboxylic acids is 1.